The molecule has 1 aromatic carbocycles. The van der Waals surface area contributed by atoms with Gasteiger partial charge < -0.3 is 10.4 Å². The van der Waals surface area contributed by atoms with Crippen LogP contribution in [0.2, 0.25) is 0 Å². The zero-order valence-corrected chi connectivity index (χ0v) is 13.6. The zero-order valence-electron chi connectivity index (χ0n) is 12.0. The Hall–Kier alpha value is -1.30. The van der Waals surface area contributed by atoms with Crippen molar-refractivity contribution >= 4 is 29.0 Å². The summed E-state index contributed by atoms with van der Waals surface area (Å²) in [7, 11) is 0. The van der Waals surface area contributed by atoms with Gasteiger partial charge in [0.25, 0.3) is 0 Å². The number of thioether (sulfide) groups is 1. The van der Waals surface area contributed by atoms with Crippen molar-refractivity contribution in [2.45, 2.75) is 30.2 Å². The lowest BCUT2D eigenvalue weighted by Crippen LogP contribution is -2.37. The second-order valence-electron chi connectivity index (χ2n) is 5.76. The van der Waals surface area contributed by atoms with Crippen molar-refractivity contribution in [3.63, 3.8) is 0 Å². The third-order valence-corrected chi connectivity index (χ3v) is 6.65. The molecule has 114 valence electrons. The molecule has 0 radical (unpaired) electrons. The summed E-state index contributed by atoms with van der Waals surface area (Å²) < 4.78 is 0. The predicted molar refractivity (Wildman–Crippen MR) is 90.3 cm³/mol. The van der Waals surface area contributed by atoms with Crippen LogP contribution < -0.4 is 5.32 Å². The van der Waals surface area contributed by atoms with Crippen LogP contribution in [0, 0.1) is 0 Å². The van der Waals surface area contributed by atoms with Gasteiger partial charge in [0.05, 0.1) is 12.1 Å². The molecule has 5 heteroatoms. The van der Waals surface area contributed by atoms with Gasteiger partial charge in [-0.05, 0) is 40.3 Å². The van der Waals surface area contributed by atoms with Gasteiger partial charge in [-0.25, -0.2) is 0 Å². The molecule has 2 aromatic rings. The van der Waals surface area contributed by atoms with Crippen LogP contribution >= 0.6 is 23.1 Å². The number of carbonyl (C=O) groups is 1. The number of thiophene rings is 1. The summed E-state index contributed by atoms with van der Waals surface area (Å²) >= 11 is 3.43. The normalized spacial score (nSPS) is 26.3. The summed E-state index contributed by atoms with van der Waals surface area (Å²) in [5.74, 6) is 1.00. The first kappa shape index (κ1) is 14.3. The number of hydrogen-bond donors (Lipinski definition) is 2. The molecular weight excluding hydrogens is 314 g/mol. The number of rotatable bonds is 2. The van der Waals surface area contributed by atoms with Crippen molar-refractivity contribution in [3.8, 4) is 0 Å². The van der Waals surface area contributed by atoms with Gasteiger partial charge in [-0.2, -0.15) is 0 Å². The Kier molecular flexibility index (Phi) is 3.72. The van der Waals surface area contributed by atoms with E-state index in [2.05, 4.69) is 16.8 Å². The van der Waals surface area contributed by atoms with Crippen LogP contribution in [0.1, 0.15) is 32.9 Å². The fraction of sp³-hybridized carbons (Fsp3) is 0.353. The van der Waals surface area contributed by atoms with Crippen molar-refractivity contribution in [2.24, 2.45) is 0 Å². The number of aryl methyl sites for hydroxylation is 1. The number of amides is 1. The molecule has 4 rings (SSSR count). The number of aliphatic hydroxyl groups is 1. The van der Waals surface area contributed by atoms with E-state index in [0.717, 1.165) is 28.9 Å². The van der Waals surface area contributed by atoms with Gasteiger partial charge in [0.1, 0.15) is 5.25 Å². The molecule has 0 fully saturated rings. The van der Waals surface area contributed by atoms with Gasteiger partial charge in [-0.3, -0.25) is 4.79 Å². The summed E-state index contributed by atoms with van der Waals surface area (Å²) in [6.07, 6.45) is 1.13. The van der Waals surface area contributed by atoms with E-state index < -0.39 is 6.10 Å². The molecule has 1 aromatic heterocycles. The number of nitrogens with one attached hydrogen (secondary N) is 1. The molecule has 0 saturated carbocycles. The van der Waals surface area contributed by atoms with Gasteiger partial charge in [0.15, 0.2) is 0 Å². The maximum Gasteiger partial charge on any atom is 0.238 e. The SMILES string of the molecule is O=C(NC1c2ccccc2CC1O)C1SCCc2sccc21. The second-order valence-corrected chi connectivity index (χ2v) is 7.97. The van der Waals surface area contributed by atoms with Crippen LogP contribution in [0.15, 0.2) is 35.7 Å². The number of fused-ring (bicyclic) bond motifs is 2. The molecule has 22 heavy (non-hydrogen) atoms. The molecule has 2 N–H and O–H groups in total. The average Bonchev–Trinajstić information content (AvgIpc) is 3.12. The van der Waals surface area contributed by atoms with Crippen LogP contribution in [0.3, 0.4) is 0 Å². The third kappa shape index (κ3) is 2.37. The lowest BCUT2D eigenvalue weighted by atomic mass is 10.1. The summed E-state index contributed by atoms with van der Waals surface area (Å²) in [6, 6.07) is 9.74. The van der Waals surface area contributed by atoms with E-state index >= 15 is 0 Å². The van der Waals surface area contributed by atoms with Crippen LogP contribution in [-0.4, -0.2) is 22.9 Å². The monoisotopic (exact) mass is 331 g/mol. The molecule has 1 aliphatic heterocycles. The molecule has 0 bridgehead atoms. The smallest absolute Gasteiger partial charge is 0.238 e. The summed E-state index contributed by atoms with van der Waals surface area (Å²) in [4.78, 5) is 14.1. The van der Waals surface area contributed by atoms with Crippen LogP contribution in [-0.2, 0) is 17.6 Å². The molecule has 3 unspecified atom stereocenters. The molecule has 1 aliphatic carbocycles. The van der Waals surface area contributed by atoms with E-state index in [1.807, 2.05) is 24.3 Å². The number of aliphatic hydroxyl groups excluding tert-OH is 1. The van der Waals surface area contributed by atoms with Crippen molar-refractivity contribution in [2.75, 3.05) is 5.75 Å². The minimum Gasteiger partial charge on any atom is -0.390 e. The molecule has 2 heterocycles. The van der Waals surface area contributed by atoms with Crippen LogP contribution in [0.5, 0.6) is 0 Å². The van der Waals surface area contributed by atoms with E-state index in [1.165, 1.54) is 4.88 Å². The fourth-order valence-corrected chi connectivity index (χ4v) is 5.64. The Labute approximate surface area is 137 Å². The highest BCUT2D eigenvalue weighted by Crippen LogP contribution is 2.40. The standard InChI is InChI=1S/C17H17NO2S2/c19-13-9-10-3-1-2-4-11(10)15(13)18-17(20)16-12-5-7-21-14(12)6-8-22-16/h1-5,7,13,15-16,19H,6,8-9H2,(H,18,20). The third-order valence-electron chi connectivity index (χ3n) is 4.42. The molecule has 2 aliphatic rings. The molecule has 3 nitrogen and oxygen atoms in total. The fourth-order valence-electron chi connectivity index (χ4n) is 3.34. The second kappa shape index (κ2) is 5.72. The molecule has 0 spiro atoms. The van der Waals surface area contributed by atoms with Crippen molar-refractivity contribution in [1.82, 2.24) is 5.32 Å². The van der Waals surface area contributed by atoms with Gasteiger partial charge in [0.2, 0.25) is 5.91 Å². The Morgan fingerprint density at radius 3 is 3.00 bits per heavy atom. The van der Waals surface area contributed by atoms with E-state index in [-0.39, 0.29) is 17.2 Å². The van der Waals surface area contributed by atoms with E-state index in [9.17, 15) is 9.90 Å². The van der Waals surface area contributed by atoms with E-state index in [1.54, 1.807) is 23.1 Å². The highest BCUT2D eigenvalue weighted by molar-refractivity contribution is 8.00. The minimum absolute atomic E-state index is 0.0186. The first-order valence-corrected chi connectivity index (χ1v) is 9.41. The first-order valence-electron chi connectivity index (χ1n) is 7.48. The van der Waals surface area contributed by atoms with Crippen LogP contribution in [0.25, 0.3) is 0 Å². The number of carbonyl (C=O) groups excluding carboxylic acids is 1. The highest BCUT2D eigenvalue weighted by atomic mass is 32.2. The number of benzene rings is 1. The maximum absolute atomic E-state index is 12.7. The zero-order chi connectivity index (χ0) is 15.1. The van der Waals surface area contributed by atoms with Gasteiger partial charge in [-0.15, -0.1) is 23.1 Å². The van der Waals surface area contributed by atoms with Gasteiger partial charge >= 0.3 is 0 Å². The molecule has 0 saturated heterocycles. The Balaban J connectivity index is 1.56. The molecule has 1 amide bonds. The van der Waals surface area contributed by atoms with Crippen molar-refractivity contribution < 1.29 is 9.90 Å². The molecule has 3 atom stereocenters. The van der Waals surface area contributed by atoms with Crippen molar-refractivity contribution in [1.29, 1.82) is 0 Å². The van der Waals surface area contributed by atoms with Crippen molar-refractivity contribution in [3.05, 3.63) is 57.3 Å². The van der Waals surface area contributed by atoms with E-state index in [4.69, 9.17) is 0 Å². The summed E-state index contributed by atoms with van der Waals surface area (Å²) in [6.45, 7) is 0. The first-order chi connectivity index (χ1) is 10.7. The Morgan fingerprint density at radius 1 is 1.23 bits per heavy atom. The van der Waals surface area contributed by atoms with Crippen LogP contribution in [0.4, 0.5) is 0 Å². The quantitative estimate of drug-likeness (QED) is 0.890. The maximum atomic E-state index is 12.7. The number of hydrogen-bond acceptors (Lipinski definition) is 4. The minimum atomic E-state index is -0.531. The average molecular weight is 331 g/mol. The molecular formula is C17H17NO2S2. The van der Waals surface area contributed by atoms with Gasteiger partial charge in [-0.1, -0.05) is 24.3 Å². The lowest BCUT2D eigenvalue weighted by molar-refractivity contribution is -0.122. The van der Waals surface area contributed by atoms with Gasteiger partial charge in [0, 0.05) is 11.3 Å². The lowest BCUT2D eigenvalue weighted by Gasteiger charge is -2.25. The predicted octanol–water partition coefficient (Wildman–Crippen LogP) is 2.85. The Bertz CT molecular complexity index is 712. The Morgan fingerprint density at radius 2 is 2.09 bits per heavy atom. The summed E-state index contributed by atoms with van der Waals surface area (Å²) in [5, 5.41) is 15.3. The topological polar surface area (TPSA) is 49.3 Å². The highest BCUT2D eigenvalue weighted by Gasteiger charge is 2.35. The summed E-state index contributed by atoms with van der Waals surface area (Å²) in [5.41, 5.74) is 3.34. The largest absolute Gasteiger partial charge is 0.390 e. The van der Waals surface area contributed by atoms with E-state index in [0.29, 0.717) is 6.42 Å².